The number of hydrogen-bond acceptors (Lipinski definition) is 5. The fourth-order valence-corrected chi connectivity index (χ4v) is 4.83. The Morgan fingerprint density at radius 3 is 2.47 bits per heavy atom. The average molecular weight is 418 g/mol. The minimum absolute atomic E-state index is 0.358. The molecular weight excluding hydrogens is 382 g/mol. The highest BCUT2D eigenvalue weighted by molar-refractivity contribution is 5.70. The Morgan fingerprint density at radius 1 is 1.07 bits per heavy atom. The zero-order chi connectivity index (χ0) is 21.1. The number of nitrogens with zero attached hydrogens (tertiary/aromatic N) is 4. The Hall–Kier alpha value is -1.93. The topological polar surface area (TPSA) is 85.2 Å². The van der Waals surface area contributed by atoms with Crippen LogP contribution >= 0.6 is 0 Å². The molecule has 0 unspecified atom stereocenters. The lowest BCUT2D eigenvalue weighted by atomic mass is 9.97. The fraction of sp³-hybridized carbons (Fsp3) is 0.773. The van der Waals surface area contributed by atoms with Crippen LogP contribution in [0.15, 0.2) is 9.59 Å². The van der Waals surface area contributed by atoms with Gasteiger partial charge in [0, 0.05) is 26.7 Å². The van der Waals surface area contributed by atoms with Crippen LogP contribution in [0.5, 0.6) is 0 Å². The van der Waals surface area contributed by atoms with Crippen LogP contribution in [0.4, 0.5) is 0 Å². The number of hydrogen-bond donors (Lipinski definition) is 1. The first kappa shape index (κ1) is 21.3. The number of aromatic nitrogens is 4. The van der Waals surface area contributed by atoms with Crippen molar-refractivity contribution in [2.24, 2.45) is 7.05 Å². The predicted octanol–water partition coefficient (Wildman–Crippen LogP) is 2.54. The number of unbranched alkanes of at least 4 members (excludes halogenated alkanes) is 1. The van der Waals surface area contributed by atoms with Crippen molar-refractivity contribution in [1.29, 1.82) is 0 Å². The molecule has 8 heteroatoms. The van der Waals surface area contributed by atoms with Gasteiger partial charge < -0.3 is 9.30 Å². The van der Waals surface area contributed by atoms with Crippen molar-refractivity contribution in [3.05, 3.63) is 26.7 Å². The molecule has 3 heterocycles. The van der Waals surface area contributed by atoms with Gasteiger partial charge >= 0.3 is 5.69 Å². The van der Waals surface area contributed by atoms with Crippen molar-refractivity contribution in [2.45, 2.75) is 90.0 Å². The monoisotopic (exact) mass is 417 g/mol. The number of nitrogens with one attached hydrogen (secondary N) is 1. The quantitative estimate of drug-likeness (QED) is 0.748. The summed E-state index contributed by atoms with van der Waals surface area (Å²) in [4.78, 5) is 34.3. The number of imidazole rings is 1. The lowest BCUT2D eigenvalue weighted by molar-refractivity contribution is -0.0568. The van der Waals surface area contributed by atoms with E-state index >= 15 is 0 Å². The normalized spacial score (nSPS) is 19.7. The van der Waals surface area contributed by atoms with Crippen LogP contribution in [0.1, 0.15) is 70.5 Å². The first-order valence-corrected chi connectivity index (χ1v) is 11.6. The van der Waals surface area contributed by atoms with Gasteiger partial charge in [0.2, 0.25) is 0 Å². The van der Waals surface area contributed by atoms with Crippen LogP contribution in [0.25, 0.3) is 11.2 Å². The highest BCUT2D eigenvalue weighted by Gasteiger charge is 2.25. The number of likely N-dealkylation sites (tertiary alicyclic amines) is 1. The summed E-state index contributed by atoms with van der Waals surface area (Å²) in [5.41, 5.74) is 0.260. The van der Waals surface area contributed by atoms with Crippen molar-refractivity contribution in [1.82, 2.24) is 24.0 Å². The highest BCUT2D eigenvalue weighted by Crippen LogP contribution is 2.25. The molecule has 1 saturated heterocycles. The van der Waals surface area contributed by atoms with Crippen molar-refractivity contribution in [3.63, 3.8) is 0 Å². The van der Waals surface area contributed by atoms with Gasteiger partial charge in [0.1, 0.15) is 5.82 Å². The molecule has 166 valence electrons. The van der Waals surface area contributed by atoms with E-state index in [0.717, 1.165) is 44.6 Å². The van der Waals surface area contributed by atoms with Crippen LogP contribution in [0.2, 0.25) is 0 Å². The molecule has 0 bridgehead atoms. The van der Waals surface area contributed by atoms with Crippen LogP contribution in [0.3, 0.4) is 0 Å². The van der Waals surface area contributed by atoms with Gasteiger partial charge in [-0.05, 0) is 32.1 Å². The summed E-state index contributed by atoms with van der Waals surface area (Å²) >= 11 is 0. The first-order valence-electron chi connectivity index (χ1n) is 11.6. The molecule has 1 aliphatic heterocycles. The van der Waals surface area contributed by atoms with E-state index in [9.17, 15) is 9.59 Å². The Bertz CT molecular complexity index is 962. The van der Waals surface area contributed by atoms with Crippen molar-refractivity contribution < 1.29 is 4.74 Å². The van der Waals surface area contributed by atoms with E-state index in [2.05, 4.69) is 16.8 Å². The molecule has 0 aromatic carbocycles. The summed E-state index contributed by atoms with van der Waals surface area (Å²) in [7, 11) is 1.87. The van der Waals surface area contributed by atoms with Gasteiger partial charge in [-0.15, -0.1) is 0 Å². The van der Waals surface area contributed by atoms with Gasteiger partial charge in [0.25, 0.3) is 5.56 Å². The molecule has 1 N–H and O–H groups in total. The van der Waals surface area contributed by atoms with E-state index in [0.29, 0.717) is 36.5 Å². The third kappa shape index (κ3) is 4.54. The van der Waals surface area contributed by atoms with Crippen LogP contribution in [-0.2, 0) is 24.9 Å². The van der Waals surface area contributed by atoms with E-state index in [1.165, 1.54) is 32.1 Å². The molecule has 0 spiro atoms. The molecule has 8 nitrogen and oxygen atoms in total. The Labute approximate surface area is 177 Å². The third-order valence-electron chi connectivity index (χ3n) is 6.68. The average Bonchev–Trinajstić information content (AvgIpc) is 3.06. The van der Waals surface area contributed by atoms with E-state index < -0.39 is 0 Å². The third-order valence-corrected chi connectivity index (χ3v) is 6.68. The number of rotatable bonds is 7. The zero-order valence-corrected chi connectivity index (χ0v) is 18.4. The van der Waals surface area contributed by atoms with Crippen LogP contribution in [0, 0.1) is 0 Å². The molecule has 2 aromatic rings. The molecule has 0 atom stereocenters. The lowest BCUT2D eigenvalue weighted by Gasteiger charge is -2.34. The molecule has 1 saturated carbocycles. The second-order valence-corrected chi connectivity index (χ2v) is 8.90. The van der Waals surface area contributed by atoms with E-state index in [-0.39, 0.29) is 11.2 Å². The number of ether oxygens (including phenoxy) is 1. The minimum Gasteiger partial charge on any atom is -0.375 e. The number of H-pyrrole nitrogens is 1. The summed E-state index contributed by atoms with van der Waals surface area (Å²) in [5, 5.41) is 0. The molecule has 0 radical (unpaired) electrons. The second-order valence-electron chi connectivity index (χ2n) is 8.90. The lowest BCUT2D eigenvalue weighted by Crippen LogP contribution is -2.38. The summed E-state index contributed by atoms with van der Waals surface area (Å²) < 4.78 is 9.81. The van der Waals surface area contributed by atoms with Gasteiger partial charge in [0.15, 0.2) is 11.2 Å². The summed E-state index contributed by atoms with van der Waals surface area (Å²) in [6.07, 6.45) is 11.2. The van der Waals surface area contributed by atoms with Crippen LogP contribution in [-0.4, -0.2) is 49.3 Å². The maximum atomic E-state index is 12.4. The second kappa shape index (κ2) is 9.47. The Morgan fingerprint density at radius 2 is 1.77 bits per heavy atom. The van der Waals surface area contributed by atoms with Gasteiger partial charge in [-0.25, -0.2) is 9.78 Å². The summed E-state index contributed by atoms with van der Waals surface area (Å²) in [6, 6.07) is 0. The van der Waals surface area contributed by atoms with Crippen molar-refractivity contribution in [3.8, 4) is 0 Å². The smallest absolute Gasteiger partial charge is 0.330 e. The fourth-order valence-electron chi connectivity index (χ4n) is 4.83. The largest absolute Gasteiger partial charge is 0.375 e. The molecule has 30 heavy (non-hydrogen) atoms. The van der Waals surface area contributed by atoms with E-state index in [1.807, 2.05) is 11.6 Å². The number of piperidine rings is 1. The zero-order valence-electron chi connectivity index (χ0n) is 18.4. The Balaban J connectivity index is 1.44. The molecule has 4 rings (SSSR count). The number of fused-ring (bicyclic) bond motifs is 1. The van der Waals surface area contributed by atoms with Gasteiger partial charge in [0.05, 0.1) is 18.8 Å². The minimum atomic E-state index is -0.369. The Kier molecular flexibility index (Phi) is 6.73. The van der Waals surface area contributed by atoms with Gasteiger partial charge in [-0.3, -0.25) is 19.2 Å². The maximum absolute atomic E-state index is 12.4. The molecule has 0 amide bonds. The molecule has 2 aromatic heterocycles. The standard InChI is InChI=1S/C22H35N5O3/c1-3-4-12-27-20-19(21(28)24-22(27)29)25(2)18(23-20)15-26-13-10-17(11-14-26)30-16-8-6-5-7-9-16/h16-17H,3-15H2,1-2H3,(H,24,28,29). The molecular formula is C22H35N5O3. The van der Waals surface area contributed by atoms with Gasteiger partial charge in [-0.2, -0.15) is 0 Å². The van der Waals surface area contributed by atoms with Gasteiger partial charge in [-0.1, -0.05) is 32.6 Å². The summed E-state index contributed by atoms with van der Waals surface area (Å²) in [5.74, 6) is 0.831. The molecule has 2 fully saturated rings. The SMILES string of the molecule is CCCCn1c(=O)[nH]c(=O)c2c1nc(CN1CCC(OC3CCCCC3)CC1)n2C. The molecule has 1 aliphatic carbocycles. The first-order chi connectivity index (χ1) is 14.6. The maximum Gasteiger partial charge on any atom is 0.330 e. The van der Waals surface area contributed by atoms with Crippen molar-refractivity contribution >= 4 is 11.2 Å². The number of aromatic amines is 1. The number of aryl methyl sites for hydroxylation is 2. The summed E-state index contributed by atoms with van der Waals surface area (Å²) in [6.45, 7) is 5.28. The van der Waals surface area contributed by atoms with E-state index in [1.54, 1.807) is 4.57 Å². The molecule has 2 aliphatic rings. The highest BCUT2D eigenvalue weighted by atomic mass is 16.5. The van der Waals surface area contributed by atoms with Crippen molar-refractivity contribution in [2.75, 3.05) is 13.1 Å². The van der Waals surface area contributed by atoms with Crippen LogP contribution < -0.4 is 11.2 Å². The predicted molar refractivity (Wildman–Crippen MR) is 117 cm³/mol. The van der Waals surface area contributed by atoms with E-state index in [4.69, 9.17) is 9.72 Å².